The predicted molar refractivity (Wildman–Crippen MR) is 87.3 cm³/mol. The topological polar surface area (TPSA) is 15.3 Å². The van der Waals surface area contributed by atoms with E-state index in [0.29, 0.717) is 6.04 Å². The van der Waals surface area contributed by atoms with Crippen LogP contribution in [0.15, 0.2) is 24.3 Å². The lowest BCUT2D eigenvalue weighted by Crippen LogP contribution is -2.35. The van der Waals surface area contributed by atoms with E-state index in [4.69, 9.17) is 11.6 Å². The van der Waals surface area contributed by atoms with Crippen molar-refractivity contribution in [3.8, 4) is 0 Å². The zero-order valence-corrected chi connectivity index (χ0v) is 13.7. The maximum atomic E-state index is 6.10. The third kappa shape index (κ3) is 3.97. The average molecular weight is 295 g/mol. The third-order valence-corrected chi connectivity index (χ3v) is 4.72. The molecule has 3 heteroatoms. The first-order chi connectivity index (χ1) is 9.61. The van der Waals surface area contributed by atoms with Crippen molar-refractivity contribution in [3.63, 3.8) is 0 Å². The largest absolute Gasteiger partial charge is 0.313 e. The molecule has 1 heterocycles. The van der Waals surface area contributed by atoms with Gasteiger partial charge in [-0.15, -0.1) is 0 Å². The molecular weight excluding hydrogens is 268 g/mol. The van der Waals surface area contributed by atoms with E-state index < -0.39 is 0 Å². The van der Waals surface area contributed by atoms with Crippen molar-refractivity contribution in [1.82, 2.24) is 10.2 Å². The first-order valence-electron chi connectivity index (χ1n) is 7.78. The molecule has 1 aromatic carbocycles. The van der Waals surface area contributed by atoms with Crippen molar-refractivity contribution in [1.29, 1.82) is 0 Å². The van der Waals surface area contributed by atoms with Crippen molar-refractivity contribution in [2.45, 2.75) is 45.2 Å². The van der Waals surface area contributed by atoms with Gasteiger partial charge in [0.2, 0.25) is 0 Å². The van der Waals surface area contributed by atoms with E-state index in [1.165, 1.54) is 31.5 Å². The fraction of sp³-hybridized carbons (Fsp3) is 0.647. The molecule has 1 fully saturated rings. The summed E-state index contributed by atoms with van der Waals surface area (Å²) in [7, 11) is 2.04. The molecule has 112 valence electrons. The summed E-state index contributed by atoms with van der Waals surface area (Å²) in [6, 6.07) is 9.37. The van der Waals surface area contributed by atoms with E-state index in [-0.39, 0.29) is 0 Å². The molecule has 1 aromatic rings. The maximum absolute atomic E-state index is 6.10. The second kappa shape index (κ2) is 7.44. The zero-order valence-electron chi connectivity index (χ0n) is 12.9. The van der Waals surface area contributed by atoms with Crippen molar-refractivity contribution in [3.05, 3.63) is 34.9 Å². The Bertz CT molecular complexity index is 419. The van der Waals surface area contributed by atoms with Gasteiger partial charge in [-0.25, -0.2) is 0 Å². The van der Waals surface area contributed by atoms with E-state index in [1.807, 2.05) is 19.2 Å². The molecule has 2 rings (SSSR count). The molecule has 0 bridgehead atoms. The lowest BCUT2D eigenvalue weighted by molar-refractivity contribution is 0.197. The lowest BCUT2D eigenvalue weighted by atomic mass is 10.0. The van der Waals surface area contributed by atoms with Gasteiger partial charge < -0.3 is 10.2 Å². The van der Waals surface area contributed by atoms with Crippen molar-refractivity contribution < 1.29 is 0 Å². The molecule has 1 aliphatic rings. The van der Waals surface area contributed by atoms with E-state index >= 15 is 0 Å². The number of hydrogen-bond donors (Lipinski definition) is 1. The molecule has 0 saturated carbocycles. The van der Waals surface area contributed by atoms with Crippen molar-refractivity contribution >= 4 is 11.6 Å². The monoisotopic (exact) mass is 294 g/mol. The summed E-state index contributed by atoms with van der Waals surface area (Å²) in [4.78, 5) is 2.67. The Morgan fingerprint density at radius 3 is 2.85 bits per heavy atom. The number of halogens is 1. The molecule has 1 N–H and O–H groups in total. The second-order valence-corrected chi connectivity index (χ2v) is 6.61. The van der Waals surface area contributed by atoms with Crippen LogP contribution in [0.25, 0.3) is 0 Å². The summed E-state index contributed by atoms with van der Waals surface area (Å²) in [5.41, 5.74) is 1.29. The van der Waals surface area contributed by atoms with Crippen molar-refractivity contribution in [2.75, 3.05) is 20.1 Å². The highest BCUT2D eigenvalue weighted by Crippen LogP contribution is 2.26. The molecule has 0 aromatic heterocycles. The van der Waals surface area contributed by atoms with Gasteiger partial charge in [0.15, 0.2) is 0 Å². The van der Waals surface area contributed by atoms with Gasteiger partial charge in [0.25, 0.3) is 0 Å². The van der Waals surface area contributed by atoms with Crippen LogP contribution in [0.5, 0.6) is 0 Å². The fourth-order valence-electron chi connectivity index (χ4n) is 3.38. The highest BCUT2D eigenvalue weighted by atomic mass is 35.5. The van der Waals surface area contributed by atoms with Crippen LogP contribution in [0.1, 0.15) is 44.7 Å². The molecule has 20 heavy (non-hydrogen) atoms. The normalized spacial score (nSPS) is 21.6. The Morgan fingerprint density at radius 2 is 2.20 bits per heavy atom. The van der Waals surface area contributed by atoms with Crippen LogP contribution in [0.3, 0.4) is 0 Å². The van der Waals surface area contributed by atoms with Gasteiger partial charge in [-0.05, 0) is 56.5 Å². The standard InChI is InChI=1S/C17H27ClN2/c1-13(2)17-8-5-10-20(17)11-9-16(19-3)14-6-4-7-15(18)12-14/h4,6-7,12-13,16-17,19H,5,8-11H2,1-3H3. The molecule has 1 aliphatic heterocycles. The molecule has 2 atom stereocenters. The fourth-order valence-corrected chi connectivity index (χ4v) is 3.58. The number of nitrogens with zero attached hydrogens (tertiary/aromatic N) is 1. The van der Waals surface area contributed by atoms with Gasteiger partial charge in [-0.1, -0.05) is 37.6 Å². The van der Waals surface area contributed by atoms with Gasteiger partial charge in [0, 0.05) is 23.7 Å². The highest BCUT2D eigenvalue weighted by Gasteiger charge is 2.27. The maximum Gasteiger partial charge on any atom is 0.0409 e. The van der Waals surface area contributed by atoms with Crippen LogP contribution in [-0.2, 0) is 0 Å². The van der Waals surface area contributed by atoms with Crippen LogP contribution in [0.4, 0.5) is 0 Å². The number of nitrogens with one attached hydrogen (secondary N) is 1. The lowest BCUT2D eigenvalue weighted by Gasteiger charge is -2.29. The zero-order chi connectivity index (χ0) is 14.5. The summed E-state index contributed by atoms with van der Waals surface area (Å²) in [6.45, 7) is 7.11. The molecule has 2 unspecified atom stereocenters. The molecule has 0 aliphatic carbocycles. The minimum atomic E-state index is 0.391. The van der Waals surface area contributed by atoms with Crippen LogP contribution in [-0.4, -0.2) is 31.1 Å². The number of likely N-dealkylation sites (tertiary alicyclic amines) is 1. The Labute approximate surface area is 128 Å². The van der Waals surface area contributed by atoms with Gasteiger partial charge in [-0.2, -0.15) is 0 Å². The first kappa shape index (κ1) is 15.8. The number of benzene rings is 1. The van der Waals surface area contributed by atoms with E-state index in [1.54, 1.807) is 0 Å². The van der Waals surface area contributed by atoms with Crippen LogP contribution in [0, 0.1) is 5.92 Å². The number of rotatable bonds is 6. The molecule has 0 spiro atoms. The van der Waals surface area contributed by atoms with Crippen LogP contribution < -0.4 is 5.32 Å². The predicted octanol–water partition coefficient (Wildman–Crippen LogP) is 4.11. The molecule has 0 amide bonds. The SMILES string of the molecule is CNC(CCN1CCCC1C(C)C)c1cccc(Cl)c1. The van der Waals surface area contributed by atoms with Gasteiger partial charge in [0.1, 0.15) is 0 Å². The van der Waals surface area contributed by atoms with E-state index in [0.717, 1.165) is 23.4 Å². The Kier molecular flexibility index (Phi) is 5.88. The minimum Gasteiger partial charge on any atom is -0.313 e. The van der Waals surface area contributed by atoms with E-state index in [9.17, 15) is 0 Å². The van der Waals surface area contributed by atoms with Gasteiger partial charge in [-0.3, -0.25) is 0 Å². The summed E-state index contributed by atoms with van der Waals surface area (Å²) in [5.74, 6) is 0.761. The molecule has 2 nitrogen and oxygen atoms in total. The highest BCUT2D eigenvalue weighted by molar-refractivity contribution is 6.30. The first-order valence-corrected chi connectivity index (χ1v) is 8.16. The Morgan fingerprint density at radius 1 is 1.40 bits per heavy atom. The minimum absolute atomic E-state index is 0.391. The Hall–Kier alpha value is -0.570. The summed E-state index contributed by atoms with van der Waals surface area (Å²) >= 11 is 6.10. The average Bonchev–Trinajstić information content (AvgIpc) is 2.88. The Balaban J connectivity index is 1.94. The van der Waals surface area contributed by atoms with E-state index in [2.05, 4.69) is 36.2 Å². The van der Waals surface area contributed by atoms with Crippen molar-refractivity contribution in [2.24, 2.45) is 5.92 Å². The number of hydrogen-bond acceptors (Lipinski definition) is 2. The summed E-state index contributed by atoms with van der Waals surface area (Å²) < 4.78 is 0. The molecular formula is C17H27ClN2. The van der Waals surface area contributed by atoms with Crippen LogP contribution >= 0.6 is 11.6 Å². The smallest absolute Gasteiger partial charge is 0.0409 e. The second-order valence-electron chi connectivity index (χ2n) is 6.17. The summed E-state index contributed by atoms with van der Waals surface area (Å²) in [6.07, 6.45) is 3.85. The summed E-state index contributed by atoms with van der Waals surface area (Å²) in [5, 5.41) is 4.25. The third-order valence-electron chi connectivity index (χ3n) is 4.49. The molecule has 1 saturated heterocycles. The quantitative estimate of drug-likeness (QED) is 0.849. The van der Waals surface area contributed by atoms with Crippen LogP contribution in [0.2, 0.25) is 5.02 Å². The van der Waals surface area contributed by atoms with Gasteiger partial charge >= 0.3 is 0 Å². The molecule has 0 radical (unpaired) electrons. The van der Waals surface area contributed by atoms with Gasteiger partial charge in [0.05, 0.1) is 0 Å².